The molecule has 0 saturated carbocycles. The minimum absolute atomic E-state index is 0.259. The second-order valence-corrected chi connectivity index (χ2v) is 9.34. The number of carbonyl (C=O) groups is 3. The Morgan fingerprint density at radius 3 is 2.63 bits per heavy atom. The van der Waals surface area contributed by atoms with E-state index in [9.17, 15) is 19.6 Å². The van der Waals surface area contributed by atoms with Crippen molar-refractivity contribution in [3.63, 3.8) is 0 Å². The van der Waals surface area contributed by atoms with E-state index in [1.807, 2.05) is 56.3 Å². The third-order valence-corrected chi connectivity index (χ3v) is 7.00. The fourth-order valence-electron chi connectivity index (χ4n) is 4.02. The topological polar surface area (TPSA) is 92.4 Å². The fourth-order valence-corrected chi connectivity index (χ4v) is 4.84. The second kappa shape index (κ2) is 10.2. The molecule has 7 nitrogen and oxygen atoms in total. The second-order valence-electron chi connectivity index (χ2n) is 8.35. The molecule has 1 fully saturated rings. The van der Waals surface area contributed by atoms with Crippen molar-refractivity contribution in [1.29, 1.82) is 5.26 Å². The number of rotatable bonds is 7. The number of amides is 2. The van der Waals surface area contributed by atoms with Gasteiger partial charge in [-0.25, -0.2) is 0 Å². The van der Waals surface area contributed by atoms with E-state index in [0.717, 1.165) is 44.4 Å². The quantitative estimate of drug-likeness (QED) is 0.334. The van der Waals surface area contributed by atoms with Gasteiger partial charge in [0.15, 0.2) is 0 Å². The lowest BCUT2D eigenvalue weighted by molar-refractivity contribution is -0.150. The number of carbonyl (C=O) groups excluding carboxylic acids is 3. The summed E-state index contributed by atoms with van der Waals surface area (Å²) in [6, 6.07) is 17.5. The molecular formula is C27H25N3O4S. The van der Waals surface area contributed by atoms with Gasteiger partial charge in [-0.3, -0.25) is 19.3 Å². The van der Waals surface area contributed by atoms with Gasteiger partial charge >= 0.3 is 5.97 Å². The average molecular weight is 488 g/mol. The number of fused-ring (bicyclic) bond motifs is 1. The van der Waals surface area contributed by atoms with E-state index >= 15 is 0 Å². The molecule has 2 amide bonds. The molecule has 1 atom stereocenters. The van der Waals surface area contributed by atoms with Crippen molar-refractivity contribution in [3.05, 3.63) is 75.8 Å². The van der Waals surface area contributed by atoms with E-state index in [-0.39, 0.29) is 11.0 Å². The van der Waals surface area contributed by atoms with Gasteiger partial charge in [-0.15, -0.1) is 0 Å². The van der Waals surface area contributed by atoms with Crippen LogP contribution in [-0.4, -0.2) is 39.2 Å². The average Bonchev–Trinajstić information content (AvgIpc) is 3.27. The lowest BCUT2D eigenvalue weighted by Crippen LogP contribution is -2.35. The van der Waals surface area contributed by atoms with Crippen LogP contribution in [0.4, 0.5) is 4.79 Å². The molecule has 0 N–H and O–H groups in total. The van der Waals surface area contributed by atoms with Crippen LogP contribution < -0.4 is 0 Å². The summed E-state index contributed by atoms with van der Waals surface area (Å²) in [5, 5.41) is 9.94. The number of thioether (sulfide) groups is 1. The van der Waals surface area contributed by atoms with Crippen molar-refractivity contribution < 1.29 is 19.1 Å². The first-order valence-corrected chi connectivity index (χ1v) is 12.2. The van der Waals surface area contributed by atoms with Crippen LogP contribution in [0.15, 0.2) is 53.4 Å². The van der Waals surface area contributed by atoms with Crippen molar-refractivity contribution in [1.82, 2.24) is 9.47 Å². The molecule has 8 heteroatoms. The maximum Gasteiger partial charge on any atom is 0.326 e. The lowest BCUT2D eigenvalue weighted by Gasteiger charge is -2.14. The molecule has 2 aromatic carbocycles. The normalized spacial score (nSPS) is 15.6. The predicted octanol–water partition coefficient (Wildman–Crippen LogP) is 5.25. The number of nitriles is 1. The van der Waals surface area contributed by atoms with Gasteiger partial charge in [0.1, 0.15) is 6.54 Å². The number of hydrogen-bond acceptors (Lipinski definition) is 6. The van der Waals surface area contributed by atoms with Gasteiger partial charge in [0.2, 0.25) is 0 Å². The number of esters is 1. The van der Waals surface area contributed by atoms with Crippen LogP contribution in [0.2, 0.25) is 0 Å². The number of para-hydroxylation sites is 1. The lowest BCUT2D eigenvalue weighted by atomic mass is 10.1. The van der Waals surface area contributed by atoms with E-state index in [1.54, 1.807) is 19.1 Å². The zero-order chi connectivity index (χ0) is 25.1. The summed E-state index contributed by atoms with van der Waals surface area (Å²) < 4.78 is 7.33. The molecule has 1 saturated heterocycles. The van der Waals surface area contributed by atoms with Crippen LogP contribution in [0.1, 0.15) is 42.7 Å². The van der Waals surface area contributed by atoms with E-state index < -0.39 is 23.7 Å². The zero-order valence-corrected chi connectivity index (χ0v) is 20.6. The van der Waals surface area contributed by atoms with Crippen LogP contribution in [0, 0.1) is 18.3 Å². The minimum atomic E-state index is -0.605. The Morgan fingerprint density at radius 1 is 1.17 bits per heavy atom. The number of hydrogen-bond donors (Lipinski definition) is 0. The number of benzene rings is 2. The van der Waals surface area contributed by atoms with Crippen LogP contribution in [0.5, 0.6) is 0 Å². The third-order valence-electron chi connectivity index (χ3n) is 6.09. The molecule has 1 aliphatic heterocycles. The highest BCUT2D eigenvalue weighted by molar-refractivity contribution is 8.18. The van der Waals surface area contributed by atoms with Gasteiger partial charge in [-0.05, 0) is 55.8 Å². The van der Waals surface area contributed by atoms with Crippen LogP contribution in [0.25, 0.3) is 17.0 Å². The Morgan fingerprint density at radius 2 is 1.89 bits per heavy atom. The molecule has 3 aromatic rings. The van der Waals surface area contributed by atoms with E-state index in [1.165, 1.54) is 0 Å². The van der Waals surface area contributed by atoms with Crippen molar-refractivity contribution in [3.8, 4) is 6.07 Å². The largest absolute Gasteiger partial charge is 0.461 e. The molecule has 0 radical (unpaired) electrons. The van der Waals surface area contributed by atoms with Gasteiger partial charge < -0.3 is 9.30 Å². The fraction of sp³-hybridized carbons (Fsp3) is 0.259. The molecule has 1 aromatic heterocycles. The molecule has 4 rings (SSSR count). The first-order chi connectivity index (χ1) is 16.8. The summed E-state index contributed by atoms with van der Waals surface area (Å²) in [5.41, 5.74) is 4.19. The maximum atomic E-state index is 13.0. The Balaban J connectivity index is 1.68. The number of aromatic nitrogens is 1. The molecule has 178 valence electrons. The van der Waals surface area contributed by atoms with Crippen molar-refractivity contribution in [2.24, 2.45) is 0 Å². The van der Waals surface area contributed by atoms with Gasteiger partial charge in [0, 0.05) is 28.7 Å². The molecule has 1 aliphatic rings. The number of nitrogens with zero attached hydrogens (tertiary/aromatic N) is 3. The number of ether oxygens (including phenoxy) is 1. The molecule has 0 bridgehead atoms. The first-order valence-electron chi connectivity index (χ1n) is 11.3. The Labute approximate surface area is 208 Å². The van der Waals surface area contributed by atoms with Crippen molar-refractivity contribution in [2.75, 3.05) is 6.54 Å². The monoisotopic (exact) mass is 487 g/mol. The third kappa shape index (κ3) is 4.86. The summed E-state index contributed by atoms with van der Waals surface area (Å²) in [6.45, 7) is 5.69. The predicted molar refractivity (Wildman–Crippen MR) is 135 cm³/mol. The summed E-state index contributed by atoms with van der Waals surface area (Å²) in [5.74, 6) is -1.11. The standard InChI is InChI=1S/C27H25N3O4S/c1-4-17(2)34-25(31)16-30-26(32)24(35-27(30)33)13-22-18(3)29(23-12-8-7-11-21(22)23)15-20-10-6-5-9-19(20)14-28/h5-13,17H,4,15-16H2,1-3H3/b24-13-/t17-/m0/s1. The van der Waals surface area contributed by atoms with E-state index in [0.29, 0.717) is 18.5 Å². The van der Waals surface area contributed by atoms with Crippen LogP contribution in [0.3, 0.4) is 0 Å². The molecule has 0 aliphatic carbocycles. The first kappa shape index (κ1) is 24.3. The van der Waals surface area contributed by atoms with Crippen molar-refractivity contribution in [2.45, 2.75) is 39.8 Å². The van der Waals surface area contributed by atoms with Gasteiger partial charge in [0.25, 0.3) is 11.1 Å². The molecule has 0 spiro atoms. The summed E-state index contributed by atoms with van der Waals surface area (Å²) in [7, 11) is 0. The Hall–Kier alpha value is -3.83. The van der Waals surface area contributed by atoms with Gasteiger partial charge in [0.05, 0.1) is 22.6 Å². The highest BCUT2D eigenvalue weighted by Gasteiger charge is 2.37. The summed E-state index contributed by atoms with van der Waals surface area (Å²) >= 11 is 0.818. The Bertz CT molecular complexity index is 1400. The van der Waals surface area contributed by atoms with Crippen LogP contribution >= 0.6 is 11.8 Å². The highest BCUT2D eigenvalue weighted by Crippen LogP contribution is 2.36. The smallest absolute Gasteiger partial charge is 0.326 e. The summed E-state index contributed by atoms with van der Waals surface area (Å²) in [6.07, 6.45) is 2.09. The SMILES string of the molecule is CC[C@H](C)OC(=O)CN1C(=O)S/C(=C\c2c(C)n(Cc3ccccc3C#N)c3ccccc23)C1=O. The van der Waals surface area contributed by atoms with Gasteiger partial charge in [-0.2, -0.15) is 5.26 Å². The van der Waals surface area contributed by atoms with Gasteiger partial charge in [-0.1, -0.05) is 43.3 Å². The molecular weight excluding hydrogens is 462 g/mol. The van der Waals surface area contributed by atoms with Crippen LogP contribution in [-0.2, 0) is 20.9 Å². The molecule has 35 heavy (non-hydrogen) atoms. The maximum absolute atomic E-state index is 13.0. The van der Waals surface area contributed by atoms with E-state index in [4.69, 9.17) is 4.74 Å². The zero-order valence-electron chi connectivity index (χ0n) is 19.8. The summed E-state index contributed by atoms with van der Waals surface area (Å²) in [4.78, 5) is 38.9. The number of imide groups is 1. The molecule has 0 unspecified atom stereocenters. The Kier molecular flexibility index (Phi) is 7.08. The minimum Gasteiger partial charge on any atom is -0.461 e. The van der Waals surface area contributed by atoms with E-state index in [2.05, 4.69) is 10.6 Å². The molecule has 2 heterocycles. The highest BCUT2D eigenvalue weighted by atomic mass is 32.2. The van der Waals surface area contributed by atoms with Crippen molar-refractivity contribution >= 4 is 45.9 Å².